The molecule has 0 radical (unpaired) electrons. The number of fused-ring (bicyclic) bond motifs is 3. The molecule has 1 aromatic heterocycles. The number of carboxylic acid groups (broad SMARTS) is 2. The van der Waals surface area contributed by atoms with E-state index in [1.165, 1.54) is 49.9 Å². The smallest absolute Gasteiger partial charge is 0.414 e. The van der Waals surface area contributed by atoms with Crippen LogP contribution in [0.2, 0.25) is 0 Å². The van der Waals surface area contributed by atoms with Gasteiger partial charge >= 0.3 is 11.9 Å². The van der Waals surface area contributed by atoms with Gasteiger partial charge in [-0.2, -0.15) is 8.75 Å². The van der Waals surface area contributed by atoms with Crippen LogP contribution in [0.15, 0.2) is 5.03 Å². The van der Waals surface area contributed by atoms with Crippen LogP contribution >= 0.6 is 23.5 Å². The Morgan fingerprint density at radius 1 is 1.29 bits per heavy atom. The highest BCUT2D eigenvalue weighted by Gasteiger charge is 2.37. The van der Waals surface area contributed by atoms with Crippen LogP contribution in [0, 0.1) is 5.92 Å². The number of nitrogens with zero attached hydrogens (tertiary/aromatic N) is 3. The third-order valence-corrected chi connectivity index (χ3v) is 5.80. The van der Waals surface area contributed by atoms with Crippen LogP contribution in [0.5, 0.6) is 0 Å². The van der Waals surface area contributed by atoms with E-state index in [4.69, 9.17) is 24.5 Å². The lowest BCUT2D eigenvalue weighted by Gasteiger charge is -2.44. The standard InChI is InChI=1S/C12H19N3OS2.C2H2O4/c1-16-6-7-17-12-11(13-18-14-12)10-8-15-4-2-9(10)3-5-15;3-1(4)2(5)6/h9-10H,2-8H2,1H3;(H,3,4)(H,5,6). The fourth-order valence-electron chi connectivity index (χ4n) is 3.01. The molecule has 1 atom stereocenters. The van der Waals surface area contributed by atoms with E-state index in [0.717, 1.165) is 23.3 Å². The van der Waals surface area contributed by atoms with Gasteiger partial charge in [-0.05, 0) is 31.8 Å². The molecule has 0 amide bonds. The van der Waals surface area contributed by atoms with E-state index < -0.39 is 11.9 Å². The molecule has 10 heteroatoms. The van der Waals surface area contributed by atoms with E-state index in [2.05, 4.69) is 13.6 Å². The molecule has 2 N–H and O–H groups in total. The van der Waals surface area contributed by atoms with Crippen LogP contribution in [0.4, 0.5) is 0 Å². The van der Waals surface area contributed by atoms with Crippen molar-refractivity contribution in [2.45, 2.75) is 23.8 Å². The summed E-state index contributed by atoms with van der Waals surface area (Å²) in [5.41, 5.74) is 1.26. The fourth-order valence-corrected chi connectivity index (χ4v) is 4.69. The lowest BCUT2D eigenvalue weighted by molar-refractivity contribution is -0.159. The van der Waals surface area contributed by atoms with E-state index in [0.29, 0.717) is 5.92 Å². The Morgan fingerprint density at radius 2 is 1.96 bits per heavy atom. The Balaban J connectivity index is 0.000000301. The minimum Gasteiger partial charge on any atom is -0.473 e. The first kappa shape index (κ1) is 19.1. The Bertz CT molecular complexity index is 548. The Hall–Kier alpha value is -1.23. The summed E-state index contributed by atoms with van der Waals surface area (Å²) in [6.07, 6.45) is 2.68. The lowest BCUT2D eigenvalue weighted by atomic mass is 9.78. The molecular formula is C14H21N3O5S2. The van der Waals surface area contributed by atoms with Gasteiger partial charge in [-0.15, -0.1) is 11.8 Å². The van der Waals surface area contributed by atoms with Crippen molar-refractivity contribution in [3.05, 3.63) is 5.69 Å². The van der Waals surface area contributed by atoms with Crippen molar-refractivity contribution in [1.29, 1.82) is 0 Å². The van der Waals surface area contributed by atoms with E-state index in [1.54, 1.807) is 18.9 Å². The second kappa shape index (κ2) is 9.30. The maximum absolute atomic E-state index is 9.10. The van der Waals surface area contributed by atoms with Gasteiger partial charge in [0.25, 0.3) is 0 Å². The molecule has 0 saturated carbocycles. The summed E-state index contributed by atoms with van der Waals surface area (Å²) >= 11 is 3.16. The van der Waals surface area contributed by atoms with Crippen molar-refractivity contribution < 1.29 is 24.5 Å². The second-order valence-electron chi connectivity index (χ2n) is 5.65. The van der Waals surface area contributed by atoms with Gasteiger partial charge in [0.1, 0.15) is 5.03 Å². The molecule has 3 fully saturated rings. The number of thioether (sulfide) groups is 1. The normalized spacial score (nSPS) is 25.0. The van der Waals surface area contributed by atoms with Crippen LogP contribution in [0.1, 0.15) is 24.5 Å². The van der Waals surface area contributed by atoms with E-state index in [1.807, 2.05) is 0 Å². The number of hydrogen-bond donors (Lipinski definition) is 2. The Labute approximate surface area is 148 Å². The highest BCUT2D eigenvalue weighted by atomic mass is 32.2. The highest BCUT2D eigenvalue weighted by molar-refractivity contribution is 7.99. The van der Waals surface area contributed by atoms with E-state index >= 15 is 0 Å². The molecule has 24 heavy (non-hydrogen) atoms. The number of ether oxygens (including phenoxy) is 1. The van der Waals surface area contributed by atoms with Crippen LogP contribution in [-0.4, -0.2) is 74.9 Å². The summed E-state index contributed by atoms with van der Waals surface area (Å²) in [6, 6.07) is 0. The summed E-state index contributed by atoms with van der Waals surface area (Å²) in [5, 5.41) is 15.9. The third-order valence-electron chi connectivity index (χ3n) is 4.20. The zero-order valence-corrected chi connectivity index (χ0v) is 15.0. The van der Waals surface area contributed by atoms with Crippen LogP contribution < -0.4 is 0 Å². The molecule has 3 aliphatic rings. The molecule has 8 nitrogen and oxygen atoms in total. The predicted molar refractivity (Wildman–Crippen MR) is 89.7 cm³/mol. The summed E-state index contributed by atoms with van der Waals surface area (Å²) in [7, 11) is 1.74. The summed E-state index contributed by atoms with van der Waals surface area (Å²) in [6.45, 7) is 4.53. The minimum absolute atomic E-state index is 0.622. The largest absolute Gasteiger partial charge is 0.473 e. The maximum Gasteiger partial charge on any atom is 0.414 e. The molecule has 4 rings (SSSR count). The van der Waals surface area contributed by atoms with Gasteiger partial charge in [0, 0.05) is 25.3 Å². The molecular weight excluding hydrogens is 354 g/mol. The average molecular weight is 375 g/mol. The molecule has 1 unspecified atom stereocenters. The number of carboxylic acids is 2. The van der Waals surface area contributed by atoms with Crippen molar-refractivity contribution in [3.63, 3.8) is 0 Å². The van der Waals surface area contributed by atoms with Crippen molar-refractivity contribution in [2.24, 2.45) is 5.92 Å². The number of carbonyl (C=O) groups is 2. The van der Waals surface area contributed by atoms with Gasteiger partial charge < -0.3 is 19.8 Å². The summed E-state index contributed by atoms with van der Waals surface area (Å²) in [4.78, 5) is 20.8. The third kappa shape index (κ3) is 5.13. The second-order valence-corrected chi connectivity index (χ2v) is 7.26. The van der Waals surface area contributed by atoms with Crippen LogP contribution in [0.3, 0.4) is 0 Å². The van der Waals surface area contributed by atoms with Crippen LogP contribution in [0.25, 0.3) is 0 Å². The Kier molecular flexibility index (Phi) is 7.40. The molecule has 0 spiro atoms. The molecule has 1 aromatic rings. The Morgan fingerprint density at radius 3 is 2.46 bits per heavy atom. The summed E-state index contributed by atoms with van der Waals surface area (Å²) in [5.74, 6) is -1.22. The molecule has 3 aliphatic heterocycles. The quantitative estimate of drug-likeness (QED) is 0.446. The van der Waals surface area contributed by atoms with Crippen molar-refractivity contribution in [1.82, 2.24) is 13.6 Å². The molecule has 4 heterocycles. The van der Waals surface area contributed by atoms with Gasteiger partial charge in [-0.1, -0.05) is 0 Å². The first-order valence-electron chi connectivity index (χ1n) is 7.65. The zero-order chi connectivity index (χ0) is 17.5. The molecule has 0 aliphatic carbocycles. The van der Waals surface area contributed by atoms with Crippen molar-refractivity contribution >= 4 is 35.4 Å². The van der Waals surface area contributed by atoms with Crippen molar-refractivity contribution in [3.8, 4) is 0 Å². The topological polar surface area (TPSA) is 113 Å². The number of aliphatic carboxylic acids is 2. The lowest BCUT2D eigenvalue weighted by Crippen LogP contribution is -2.46. The number of rotatable bonds is 5. The minimum atomic E-state index is -1.82. The van der Waals surface area contributed by atoms with Gasteiger partial charge in [-0.25, -0.2) is 9.59 Å². The first-order valence-corrected chi connectivity index (χ1v) is 9.37. The maximum atomic E-state index is 9.10. The first-order chi connectivity index (χ1) is 11.5. The number of methoxy groups -OCH3 is 1. The monoisotopic (exact) mass is 375 g/mol. The zero-order valence-electron chi connectivity index (χ0n) is 13.4. The van der Waals surface area contributed by atoms with Gasteiger partial charge in [-0.3, -0.25) is 0 Å². The SMILES string of the molecule is COCCSc1nsnc1C1CN2CCC1CC2.O=C(O)C(=O)O. The molecule has 0 aromatic carbocycles. The number of hydrogen-bond acceptors (Lipinski definition) is 8. The van der Waals surface area contributed by atoms with Gasteiger partial charge in [0.15, 0.2) is 0 Å². The molecule has 3 saturated heterocycles. The number of piperidine rings is 3. The van der Waals surface area contributed by atoms with E-state index in [9.17, 15) is 0 Å². The summed E-state index contributed by atoms with van der Waals surface area (Å²) < 4.78 is 14.1. The predicted octanol–water partition coefficient (Wildman–Crippen LogP) is 1.24. The fraction of sp³-hybridized carbons (Fsp3) is 0.714. The average Bonchev–Trinajstić information content (AvgIpc) is 3.05. The van der Waals surface area contributed by atoms with Crippen LogP contribution in [-0.2, 0) is 14.3 Å². The molecule has 2 bridgehead atoms. The number of aromatic nitrogens is 2. The van der Waals surface area contributed by atoms with Crippen molar-refractivity contribution in [2.75, 3.05) is 39.1 Å². The van der Waals surface area contributed by atoms with E-state index in [-0.39, 0.29) is 0 Å². The van der Waals surface area contributed by atoms with Gasteiger partial charge in [0.05, 0.1) is 24.0 Å². The molecule has 134 valence electrons. The van der Waals surface area contributed by atoms with Gasteiger partial charge in [0.2, 0.25) is 0 Å². The highest BCUT2D eigenvalue weighted by Crippen LogP contribution is 2.41.